The molecule has 0 amide bonds. The van der Waals surface area contributed by atoms with Crippen LogP contribution in [-0.4, -0.2) is 18.2 Å². The highest BCUT2D eigenvalue weighted by Crippen LogP contribution is 2.34. The third-order valence-electron chi connectivity index (χ3n) is 3.96. The molecule has 0 unspecified atom stereocenters. The number of anilines is 1. The van der Waals surface area contributed by atoms with Crippen LogP contribution in [-0.2, 0) is 0 Å². The lowest BCUT2D eigenvalue weighted by molar-refractivity contribution is 0.194. The van der Waals surface area contributed by atoms with Crippen molar-refractivity contribution in [3.63, 3.8) is 0 Å². The Bertz CT molecular complexity index is 514. The summed E-state index contributed by atoms with van der Waals surface area (Å²) in [6.07, 6.45) is 2.43. The van der Waals surface area contributed by atoms with Crippen LogP contribution in [0.1, 0.15) is 45.8 Å². The Morgan fingerprint density at radius 3 is 2.50 bits per heavy atom. The first-order valence-electron chi connectivity index (χ1n) is 7.21. The van der Waals surface area contributed by atoms with E-state index in [0.29, 0.717) is 5.56 Å². The molecule has 0 aliphatic carbocycles. The highest BCUT2D eigenvalue weighted by Gasteiger charge is 2.24. The maximum atomic E-state index is 13.9. The minimum absolute atomic E-state index is 0.196. The zero-order valence-corrected chi connectivity index (χ0v) is 12.8. The minimum atomic E-state index is -0.792. The molecule has 1 aromatic rings. The Balaban J connectivity index is 2.28. The topological polar surface area (TPSA) is 23.5 Å². The zero-order valence-electron chi connectivity index (χ0n) is 12.8. The molecule has 2 rings (SSSR count). The van der Waals surface area contributed by atoms with Crippen molar-refractivity contribution >= 4 is 5.69 Å². The van der Waals surface area contributed by atoms with Gasteiger partial charge < -0.3 is 10.0 Å². The molecular formula is C17H24FNO. The van der Waals surface area contributed by atoms with Crippen molar-refractivity contribution in [3.05, 3.63) is 41.2 Å². The van der Waals surface area contributed by atoms with Gasteiger partial charge >= 0.3 is 0 Å². The minimum Gasteiger partial charge on any atom is -0.389 e. The highest BCUT2D eigenvalue weighted by atomic mass is 19.1. The maximum Gasteiger partial charge on any atom is 0.131 e. The van der Waals surface area contributed by atoms with Crippen LogP contribution in [0.25, 0.3) is 0 Å². The Hall–Kier alpha value is -1.35. The highest BCUT2D eigenvalue weighted by molar-refractivity contribution is 5.56. The summed E-state index contributed by atoms with van der Waals surface area (Å²) in [5.74, 6) is -0.330. The van der Waals surface area contributed by atoms with Gasteiger partial charge in [-0.2, -0.15) is 0 Å². The average molecular weight is 277 g/mol. The van der Waals surface area contributed by atoms with Crippen molar-refractivity contribution in [2.45, 2.75) is 40.2 Å². The fourth-order valence-electron chi connectivity index (χ4n) is 2.78. The lowest BCUT2D eigenvalue weighted by atomic mass is 9.83. The largest absolute Gasteiger partial charge is 0.389 e. The summed E-state index contributed by atoms with van der Waals surface area (Å²) in [5, 5.41) is 9.82. The first-order chi connectivity index (χ1) is 9.30. The number of hydrogen-bond donors (Lipinski definition) is 1. The van der Waals surface area contributed by atoms with Crippen LogP contribution in [0.4, 0.5) is 10.1 Å². The van der Waals surface area contributed by atoms with Crippen LogP contribution < -0.4 is 4.90 Å². The van der Waals surface area contributed by atoms with Gasteiger partial charge in [-0.1, -0.05) is 38.5 Å². The van der Waals surface area contributed by atoms with Crippen LogP contribution in [0.2, 0.25) is 0 Å². The van der Waals surface area contributed by atoms with Crippen molar-refractivity contribution in [1.82, 2.24) is 0 Å². The first-order valence-corrected chi connectivity index (χ1v) is 7.21. The molecule has 20 heavy (non-hydrogen) atoms. The number of aliphatic hydroxyl groups is 1. The molecular weight excluding hydrogens is 253 g/mol. The van der Waals surface area contributed by atoms with E-state index >= 15 is 0 Å². The van der Waals surface area contributed by atoms with Crippen LogP contribution >= 0.6 is 0 Å². The molecule has 0 spiro atoms. The third-order valence-corrected chi connectivity index (χ3v) is 3.96. The number of rotatable bonds is 2. The summed E-state index contributed by atoms with van der Waals surface area (Å²) in [5.41, 5.74) is 2.86. The molecule has 0 saturated heterocycles. The second-order valence-corrected chi connectivity index (χ2v) is 6.52. The Labute approximate surface area is 120 Å². The van der Waals surface area contributed by atoms with Crippen molar-refractivity contribution in [2.75, 3.05) is 18.0 Å². The molecule has 1 N–H and O–H groups in total. The second kappa shape index (κ2) is 5.57. The van der Waals surface area contributed by atoms with E-state index in [1.807, 2.05) is 6.07 Å². The Morgan fingerprint density at radius 2 is 2.00 bits per heavy atom. The number of benzene rings is 1. The van der Waals surface area contributed by atoms with Gasteiger partial charge in [0.25, 0.3) is 0 Å². The van der Waals surface area contributed by atoms with E-state index in [9.17, 15) is 9.50 Å². The smallest absolute Gasteiger partial charge is 0.131 e. The number of aliphatic hydroxyl groups excluding tert-OH is 1. The van der Waals surface area contributed by atoms with E-state index in [4.69, 9.17) is 0 Å². The molecule has 2 nitrogen and oxygen atoms in total. The molecule has 1 aliphatic heterocycles. The Morgan fingerprint density at radius 1 is 1.30 bits per heavy atom. The van der Waals surface area contributed by atoms with Gasteiger partial charge in [0, 0.05) is 24.3 Å². The van der Waals surface area contributed by atoms with Gasteiger partial charge in [0.2, 0.25) is 0 Å². The van der Waals surface area contributed by atoms with Crippen molar-refractivity contribution < 1.29 is 9.50 Å². The molecule has 1 atom stereocenters. The van der Waals surface area contributed by atoms with Gasteiger partial charge in [-0.05, 0) is 30.9 Å². The lowest BCUT2D eigenvalue weighted by Crippen LogP contribution is -2.32. The SMILES string of the molecule is C[C@@H](O)c1c(F)cccc1N1CC=C(C(C)(C)C)CC1. The lowest BCUT2D eigenvalue weighted by Gasteiger charge is -2.34. The summed E-state index contributed by atoms with van der Waals surface area (Å²) >= 11 is 0. The normalized spacial score (nSPS) is 17.9. The van der Waals surface area contributed by atoms with E-state index < -0.39 is 6.10 Å². The maximum absolute atomic E-state index is 13.9. The molecule has 3 heteroatoms. The first kappa shape index (κ1) is 15.0. The fourth-order valence-corrected chi connectivity index (χ4v) is 2.78. The summed E-state index contributed by atoms with van der Waals surface area (Å²) in [6, 6.07) is 5.01. The molecule has 0 radical (unpaired) electrons. The van der Waals surface area contributed by atoms with Crippen molar-refractivity contribution in [1.29, 1.82) is 0 Å². The zero-order chi connectivity index (χ0) is 14.9. The number of nitrogens with zero attached hydrogens (tertiary/aromatic N) is 1. The van der Waals surface area contributed by atoms with Crippen molar-refractivity contribution in [2.24, 2.45) is 5.41 Å². The quantitative estimate of drug-likeness (QED) is 0.824. The Kier molecular flexibility index (Phi) is 4.19. The van der Waals surface area contributed by atoms with Gasteiger partial charge in [0.1, 0.15) is 5.82 Å². The van der Waals surface area contributed by atoms with Crippen LogP contribution in [0, 0.1) is 11.2 Å². The van der Waals surface area contributed by atoms with E-state index in [1.54, 1.807) is 13.0 Å². The predicted molar refractivity (Wildman–Crippen MR) is 81.4 cm³/mol. The van der Waals surface area contributed by atoms with Crippen molar-refractivity contribution in [3.8, 4) is 0 Å². The van der Waals surface area contributed by atoms with Gasteiger partial charge in [0.05, 0.1) is 6.10 Å². The summed E-state index contributed by atoms with van der Waals surface area (Å²) in [6.45, 7) is 9.91. The second-order valence-electron chi connectivity index (χ2n) is 6.52. The van der Waals surface area contributed by atoms with Crippen LogP contribution in [0.15, 0.2) is 29.8 Å². The monoisotopic (exact) mass is 277 g/mol. The van der Waals surface area contributed by atoms with Crippen LogP contribution in [0.5, 0.6) is 0 Å². The van der Waals surface area contributed by atoms with E-state index in [1.165, 1.54) is 11.6 Å². The van der Waals surface area contributed by atoms with Gasteiger partial charge in [-0.15, -0.1) is 0 Å². The molecule has 1 aromatic carbocycles. The molecule has 0 fully saturated rings. The van der Waals surface area contributed by atoms with E-state index in [0.717, 1.165) is 25.2 Å². The average Bonchev–Trinajstić information content (AvgIpc) is 2.37. The molecule has 0 aromatic heterocycles. The van der Waals surface area contributed by atoms with E-state index in [-0.39, 0.29) is 11.2 Å². The number of halogens is 1. The number of hydrogen-bond acceptors (Lipinski definition) is 2. The fraction of sp³-hybridized carbons (Fsp3) is 0.529. The standard InChI is InChI=1S/C17H24FNO/c1-12(20)16-14(18)6-5-7-15(16)19-10-8-13(9-11-19)17(2,3)4/h5-8,12,20H,9-11H2,1-4H3/t12-/m1/s1. The summed E-state index contributed by atoms with van der Waals surface area (Å²) < 4.78 is 13.9. The molecule has 0 bridgehead atoms. The summed E-state index contributed by atoms with van der Waals surface area (Å²) in [7, 11) is 0. The molecule has 1 aliphatic rings. The molecule has 0 saturated carbocycles. The van der Waals surface area contributed by atoms with Gasteiger partial charge in [-0.25, -0.2) is 4.39 Å². The molecule has 1 heterocycles. The predicted octanol–water partition coefficient (Wildman–Crippen LogP) is 4.06. The van der Waals surface area contributed by atoms with Gasteiger partial charge in [0.15, 0.2) is 0 Å². The summed E-state index contributed by atoms with van der Waals surface area (Å²) in [4.78, 5) is 2.14. The van der Waals surface area contributed by atoms with Crippen LogP contribution in [0.3, 0.4) is 0 Å². The molecule has 110 valence electrons. The van der Waals surface area contributed by atoms with E-state index in [2.05, 4.69) is 31.7 Å². The van der Waals surface area contributed by atoms with Gasteiger partial charge in [-0.3, -0.25) is 0 Å². The third kappa shape index (κ3) is 3.04.